The maximum atomic E-state index is 13.2. The summed E-state index contributed by atoms with van der Waals surface area (Å²) in [6.07, 6.45) is 10.6. The van der Waals surface area contributed by atoms with E-state index in [-0.39, 0.29) is 18.5 Å². The maximum Gasteiger partial charge on any atom is 0.243 e. The van der Waals surface area contributed by atoms with Crippen LogP contribution in [0.4, 0.5) is 5.69 Å². The van der Waals surface area contributed by atoms with Gasteiger partial charge in [0.05, 0.1) is 11.0 Å². The van der Waals surface area contributed by atoms with E-state index in [4.69, 9.17) is 4.74 Å². The molecule has 29 heavy (non-hydrogen) atoms. The van der Waals surface area contributed by atoms with Crippen LogP contribution in [-0.4, -0.2) is 38.5 Å². The second-order valence-corrected chi connectivity index (χ2v) is 11.0. The third-order valence-electron chi connectivity index (χ3n) is 7.34. The molecule has 162 valence electrons. The summed E-state index contributed by atoms with van der Waals surface area (Å²) in [6.45, 7) is 2.06. The van der Waals surface area contributed by atoms with Crippen molar-refractivity contribution in [2.24, 2.45) is 11.8 Å². The fourth-order valence-electron chi connectivity index (χ4n) is 5.89. The number of sulfonamides is 1. The molecule has 1 aromatic rings. The zero-order chi connectivity index (χ0) is 19.1. The number of ether oxygens (including phenoxy) is 1. The lowest BCUT2D eigenvalue weighted by atomic mass is 9.75. The van der Waals surface area contributed by atoms with E-state index in [2.05, 4.69) is 5.32 Å². The Morgan fingerprint density at radius 3 is 2.48 bits per heavy atom. The van der Waals surface area contributed by atoms with Crippen LogP contribution >= 0.6 is 12.4 Å². The van der Waals surface area contributed by atoms with Crippen molar-refractivity contribution in [3.05, 3.63) is 23.8 Å². The molecule has 1 aromatic carbocycles. The highest BCUT2D eigenvalue weighted by atomic mass is 35.5. The van der Waals surface area contributed by atoms with Crippen LogP contribution in [0, 0.1) is 11.8 Å². The summed E-state index contributed by atoms with van der Waals surface area (Å²) in [7, 11) is -3.41. The molecule has 0 radical (unpaired) electrons. The molecule has 1 aliphatic carbocycles. The molecule has 0 aromatic heterocycles. The molecule has 1 N–H and O–H groups in total. The fourth-order valence-corrected chi connectivity index (χ4v) is 7.44. The molecule has 2 saturated heterocycles. The zero-order valence-electron chi connectivity index (χ0n) is 17.0. The highest BCUT2D eigenvalue weighted by molar-refractivity contribution is 7.89. The van der Waals surface area contributed by atoms with Crippen LogP contribution in [0.5, 0.6) is 0 Å². The number of piperidine rings is 1. The fraction of sp³-hybridized carbons (Fsp3) is 0.727. The van der Waals surface area contributed by atoms with E-state index in [0.717, 1.165) is 49.5 Å². The summed E-state index contributed by atoms with van der Waals surface area (Å²) in [5, 5.41) is 3.81. The minimum Gasteiger partial charge on any atom is -0.381 e. The van der Waals surface area contributed by atoms with Gasteiger partial charge in [0, 0.05) is 42.9 Å². The minimum atomic E-state index is -3.41. The molecule has 3 atom stereocenters. The molecule has 3 aliphatic heterocycles. The van der Waals surface area contributed by atoms with E-state index in [1.165, 1.54) is 32.1 Å². The van der Waals surface area contributed by atoms with Crippen LogP contribution in [-0.2, 0) is 14.8 Å². The lowest BCUT2D eigenvalue weighted by molar-refractivity contribution is -0.0438. The highest BCUT2D eigenvalue weighted by Crippen LogP contribution is 2.48. The lowest BCUT2D eigenvalue weighted by Gasteiger charge is -2.45. The number of fused-ring (bicyclic) bond motifs is 3. The minimum absolute atomic E-state index is 0. The van der Waals surface area contributed by atoms with E-state index in [9.17, 15) is 8.42 Å². The van der Waals surface area contributed by atoms with Crippen molar-refractivity contribution in [3.8, 4) is 0 Å². The first kappa shape index (κ1) is 21.4. The Kier molecular flexibility index (Phi) is 6.45. The molecule has 0 spiro atoms. The third kappa shape index (κ3) is 3.93. The molecule has 0 amide bonds. The van der Waals surface area contributed by atoms with Gasteiger partial charge in [-0.2, -0.15) is 4.31 Å². The molecule has 1 saturated carbocycles. The molecule has 3 fully saturated rings. The Morgan fingerprint density at radius 1 is 0.966 bits per heavy atom. The van der Waals surface area contributed by atoms with Gasteiger partial charge in [0.2, 0.25) is 10.0 Å². The second-order valence-electron chi connectivity index (χ2n) is 9.03. The summed E-state index contributed by atoms with van der Waals surface area (Å²) < 4.78 is 34.3. The van der Waals surface area contributed by atoms with Gasteiger partial charge in [-0.15, -0.1) is 12.4 Å². The van der Waals surface area contributed by atoms with Gasteiger partial charge in [-0.05, 0) is 62.6 Å². The average Bonchev–Trinajstić information content (AvgIpc) is 3.28. The lowest BCUT2D eigenvalue weighted by Crippen LogP contribution is -2.45. The van der Waals surface area contributed by atoms with Gasteiger partial charge >= 0.3 is 0 Å². The van der Waals surface area contributed by atoms with Gasteiger partial charge in [-0.1, -0.05) is 19.3 Å². The van der Waals surface area contributed by atoms with Crippen molar-refractivity contribution in [2.75, 3.05) is 25.0 Å². The predicted octanol–water partition coefficient (Wildman–Crippen LogP) is 4.74. The smallest absolute Gasteiger partial charge is 0.243 e. The Morgan fingerprint density at radius 2 is 1.72 bits per heavy atom. The molecule has 7 heteroatoms. The molecule has 0 unspecified atom stereocenters. The zero-order valence-corrected chi connectivity index (χ0v) is 18.6. The first-order chi connectivity index (χ1) is 13.6. The van der Waals surface area contributed by atoms with Gasteiger partial charge in [-0.25, -0.2) is 8.42 Å². The van der Waals surface area contributed by atoms with Gasteiger partial charge in [0.1, 0.15) is 0 Å². The Labute approximate surface area is 181 Å². The van der Waals surface area contributed by atoms with Crippen molar-refractivity contribution in [1.29, 1.82) is 0 Å². The summed E-state index contributed by atoms with van der Waals surface area (Å²) in [5.41, 5.74) is 2.13. The van der Waals surface area contributed by atoms with Crippen molar-refractivity contribution < 1.29 is 13.2 Å². The van der Waals surface area contributed by atoms with E-state index in [1.807, 2.05) is 12.1 Å². The average molecular weight is 441 g/mol. The third-order valence-corrected chi connectivity index (χ3v) is 9.24. The molecular weight excluding hydrogens is 408 g/mol. The first-order valence-electron chi connectivity index (χ1n) is 11.2. The Hall–Kier alpha value is -0.820. The van der Waals surface area contributed by atoms with E-state index in [1.54, 1.807) is 10.4 Å². The number of nitrogens with zero attached hydrogens (tertiary/aromatic N) is 1. The van der Waals surface area contributed by atoms with Crippen molar-refractivity contribution in [2.45, 2.75) is 74.8 Å². The number of rotatable bonds is 3. The number of benzene rings is 1. The summed E-state index contributed by atoms with van der Waals surface area (Å²) in [5.74, 6) is 1.18. The number of halogens is 1. The van der Waals surface area contributed by atoms with Gasteiger partial charge in [0.15, 0.2) is 0 Å². The number of hydrogen-bond donors (Lipinski definition) is 1. The predicted molar refractivity (Wildman–Crippen MR) is 117 cm³/mol. The first-order valence-corrected chi connectivity index (χ1v) is 12.6. The molecule has 3 heterocycles. The van der Waals surface area contributed by atoms with Gasteiger partial charge in [-0.3, -0.25) is 0 Å². The van der Waals surface area contributed by atoms with E-state index < -0.39 is 10.0 Å². The van der Waals surface area contributed by atoms with Crippen LogP contribution < -0.4 is 5.32 Å². The second kappa shape index (κ2) is 8.74. The van der Waals surface area contributed by atoms with E-state index in [0.29, 0.717) is 29.9 Å². The maximum absolute atomic E-state index is 13.2. The molecule has 4 aliphatic rings. The van der Waals surface area contributed by atoms with Gasteiger partial charge < -0.3 is 10.1 Å². The van der Waals surface area contributed by atoms with Crippen LogP contribution in [0.15, 0.2) is 23.1 Å². The van der Waals surface area contributed by atoms with Gasteiger partial charge in [0.25, 0.3) is 0 Å². The van der Waals surface area contributed by atoms with Crippen LogP contribution in [0.1, 0.15) is 69.5 Å². The largest absolute Gasteiger partial charge is 0.381 e. The Balaban J connectivity index is 0.00000205. The number of anilines is 1. The normalized spacial score (nSPS) is 30.7. The molecule has 5 nitrogen and oxygen atoms in total. The summed E-state index contributed by atoms with van der Waals surface area (Å²) in [6, 6.07) is 6.15. The van der Waals surface area contributed by atoms with Crippen LogP contribution in [0.25, 0.3) is 0 Å². The quantitative estimate of drug-likeness (QED) is 0.737. The topological polar surface area (TPSA) is 58.6 Å². The molecule has 5 rings (SSSR count). The molecular formula is C22H33ClN2O3S. The van der Waals surface area contributed by atoms with Crippen LogP contribution in [0.2, 0.25) is 0 Å². The summed E-state index contributed by atoms with van der Waals surface area (Å²) >= 11 is 0. The number of hydrogen-bond acceptors (Lipinski definition) is 4. The number of nitrogens with one attached hydrogen (secondary N) is 1. The standard InChI is InChI=1S/C22H32N2O3S.ClH/c25-28(26,24-12-4-1-5-13-24)17-10-11-20-19(15-17)22-18(9-6-14-27-22)21(23-20)16-7-2-3-8-16;/h10-11,15-16,18,21-23H,1-9,12-14H2;1H/t18-,21+,22-;/m0./s1. The molecule has 0 bridgehead atoms. The van der Waals surface area contributed by atoms with Crippen molar-refractivity contribution in [1.82, 2.24) is 4.31 Å². The van der Waals surface area contributed by atoms with Crippen molar-refractivity contribution >= 4 is 28.1 Å². The Bertz CT molecular complexity index is 819. The van der Waals surface area contributed by atoms with Crippen LogP contribution in [0.3, 0.4) is 0 Å². The SMILES string of the molecule is Cl.O=S(=O)(c1ccc2c(c1)[C@H]1OCCC[C@H]1[C@@H](C1CCCC1)N2)N1CCCCC1. The summed E-state index contributed by atoms with van der Waals surface area (Å²) in [4.78, 5) is 0.433. The van der Waals surface area contributed by atoms with Crippen molar-refractivity contribution in [3.63, 3.8) is 0 Å². The van der Waals surface area contributed by atoms with E-state index >= 15 is 0 Å². The highest BCUT2D eigenvalue weighted by Gasteiger charge is 2.43. The monoisotopic (exact) mass is 440 g/mol.